The third-order valence-electron chi connectivity index (χ3n) is 8.37. The van der Waals surface area contributed by atoms with Crippen molar-refractivity contribution < 1.29 is 22.8 Å². The molecule has 2 heterocycles. The highest BCUT2D eigenvalue weighted by Crippen LogP contribution is 2.29. The molecule has 1 aromatic heterocycles. The zero-order valence-corrected chi connectivity index (χ0v) is 27.4. The van der Waals surface area contributed by atoms with E-state index in [-0.39, 0.29) is 53.8 Å². The number of thiazole rings is 1. The predicted molar refractivity (Wildman–Crippen MR) is 171 cm³/mol. The minimum Gasteiger partial charge on any atom is -0.353 e. The van der Waals surface area contributed by atoms with E-state index in [1.165, 1.54) is 5.56 Å². The summed E-state index contributed by atoms with van der Waals surface area (Å²) >= 11 is 1.58. The molecular formula is C32H47N3O5S2. The molecular weight excluding hydrogens is 571 g/mol. The number of ketones is 2. The molecule has 1 aromatic carbocycles. The lowest BCUT2D eigenvalue weighted by Crippen LogP contribution is -2.44. The zero-order valence-electron chi connectivity index (χ0n) is 25.8. The number of benzene rings is 1. The second-order valence-electron chi connectivity index (χ2n) is 12.0. The highest BCUT2D eigenvalue weighted by molar-refractivity contribution is 7.91. The maximum atomic E-state index is 13.6. The van der Waals surface area contributed by atoms with Crippen LogP contribution in [0.15, 0.2) is 30.4 Å². The summed E-state index contributed by atoms with van der Waals surface area (Å²) in [5.74, 6) is 0.0184. The molecule has 0 saturated carbocycles. The number of fused-ring (bicyclic) bond motifs is 1. The van der Waals surface area contributed by atoms with E-state index in [1.807, 2.05) is 17.9 Å². The quantitative estimate of drug-likeness (QED) is 0.260. The van der Waals surface area contributed by atoms with Crippen molar-refractivity contribution in [2.45, 2.75) is 85.1 Å². The number of sulfone groups is 1. The standard InChI is InChI=1S/C32H47N3O5S2/c1-7-22(5)27(11-12-29(37)23(6)20-35-13-15-42(39,40)16-14-35)34-32(38)25(17-26(36)8-2)19-31-33-28-10-9-24(21(3)4)18-30(28)41-31/h9-10,18,21-22,25,27H,6-8,11-17,19-20H2,1-5H3,(H,34,38)/t22-,25-,27+/m0/s1. The van der Waals surface area contributed by atoms with Gasteiger partial charge in [-0.15, -0.1) is 11.3 Å². The summed E-state index contributed by atoms with van der Waals surface area (Å²) in [5.41, 5.74) is 2.61. The molecule has 1 aliphatic heterocycles. The van der Waals surface area contributed by atoms with Gasteiger partial charge in [-0.3, -0.25) is 19.3 Å². The highest BCUT2D eigenvalue weighted by atomic mass is 32.2. The van der Waals surface area contributed by atoms with Crippen molar-refractivity contribution in [1.29, 1.82) is 0 Å². The molecule has 0 radical (unpaired) electrons. The maximum absolute atomic E-state index is 13.6. The maximum Gasteiger partial charge on any atom is 0.224 e. The molecule has 1 saturated heterocycles. The van der Waals surface area contributed by atoms with Crippen LogP contribution in [-0.4, -0.2) is 73.0 Å². The summed E-state index contributed by atoms with van der Waals surface area (Å²) in [5, 5.41) is 4.03. The van der Waals surface area contributed by atoms with Crippen molar-refractivity contribution in [2.24, 2.45) is 11.8 Å². The molecule has 0 bridgehead atoms. The molecule has 0 unspecified atom stereocenters. The minimum atomic E-state index is -2.99. The number of nitrogens with zero attached hydrogens (tertiary/aromatic N) is 2. The third-order valence-corrected chi connectivity index (χ3v) is 11.0. The number of nitrogens with one attached hydrogen (secondary N) is 1. The van der Waals surface area contributed by atoms with Gasteiger partial charge < -0.3 is 5.32 Å². The lowest BCUT2D eigenvalue weighted by Gasteiger charge is -2.28. The molecule has 232 valence electrons. The number of Topliss-reactive ketones (excluding diaryl/α,β-unsaturated/α-hetero) is 2. The smallest absolute Gasteiger partial charge is 0.224 e. The second kappa shape index (κ2) is 15.3. The Morgan fingerprint density at radius 1 is 1.12 bits per heavy atom. The fourth-order valence-corrected chi connectivity index (χ4v) is 7.51. The summed E-state index contributed by atoms with van der Waals surface area (Å²) in [6.45, 7) is 15.4. The Hall–Kier alpha value is -2.43. The average molecular weight is 618 g/mol. The van der Waals surface area contributed by atoms with Crippen molar-refractivity contribution in [2.75, 3.05) is 31.1 Å². The van der Waals surface area contributed by atoms with Crippen LogP contribution in [0.3, 0.4) is 0 Å². The highest BCUT2D eigenvalue weighted by Gasteiger charge is 2.28. The first-order valence-electron chi connectivity index (χ1n) is 15.2. The van der Waals surface area contributed by atoms with Crippen LogP contribution in [0.25, 0.3) is 10.2 Å². The first kappa shape index (κ1) is 34.1. The van der Waals surface area contributed by atoms with Gasteiger partial charge >= 0.3 is 0 Å². The summed E-state index contributed by atoms with van der Waals surface area (Å²) < 4.78 is 24.5. The van der Waals surface area contributed by atoms with Crippen LogP contribution >= 0.6 is 11.3 Å². The summed E-state index contributed by atoms with van der Waals surface area (Å²) in [6, 6.07) is 6.05. The largest absolute Gasteiger partial charge is 0.353 e. The number of aromatic nitrogens is 1. The zero-order chi connectivity index (χ0) is 31.0. The first-order valence-corrected chi connectivity index (χ1v) is 17.8. The van der Waals surface area contributed by atoms with E-state index in [1.54, 1.807) is 11.3 Å². The Morgan fingerprint density at radius 3 is 2.43 bits per heavy atom. The molecule has 8 nitrogen and oxygen atoms in total. The molecule has 1 amide bonds. The fraction of sp³-hybridized carbons (Fsp3) is 0.625. The molecule has 1 fully saturated rings. The SMILES string of the molecule is C=C(CN1CCS(=O)(=O)CC1)C(=O)CC[C@@H](NC(=O)[C@@H](CC(=O)CC)Cc1nc2ccc(C(C)C)cc2s1)[C@@H](C)CC. The third kappa shape index (κ3) is 9.81. The summed E-state index contributed by atoms with van der Waals surface area (Å²) in [7, 11) is -2.99. The van der Waals surface area contributed by atoms with Gasteiger partial charge in [-0.1, -0.05) is 53.7 Å². The molecule has 0 spiro atoms. The average Bonchev–Trinajstić information content (AvgIpc) is 3.36. The van der Waals surface area contributed by atoms with E-state index in [0.29, 0.717) is 50.4 Å². The second-order valence-corrected chi connectivity index (χ2v) is 15.4. The van der Waals surface area contributed by atoms with Gasteiger partial charge in [-0.2, -0.15) is 0 Å². The Morgan fingerprint density at radius 2 is 1.81 bits per heavy atom. The van der Waals surface area contributed by atoms with Crippen LogP contribution in [-0.2, 0) is 30.6 Å². The molecule has 3 rings (SSSR count). The predicted octanol–water partition coefficient (Wildman–Crippen LogP) is 5.11. The van der Waals surface area contributed by atoms with Gasteiger partial charge in [0.1, 0.15) is 5.78 Å². The van der Waals surface area contributed by atoms with Gasteiger partial charge in [0.25, 0.3) is 0 Å². The van der Waals surface area contributed by atoms with Crippen molar-refractivity contribution >= 4 is 48.9 Å². The number of rotatable bonds is 16. The van der Waals surface area contributed by atoms with Crippen molar-refractivity contribution in [1.82, 2.24) is 15.2 Å². The Balaban J connectivity index is 1.66. The molecule has 3 atom stereocenters. The monoisotopic (exact) mass is 617 g/mol. The molecule has 1 N–H and O–H groups in total. The van der Waals surface area contributed by atoms with Gasteiger partial charge in [-0.25, -0.2) is 13.4 Å². The van der Waals surface area contributed by atoms with Crippen molar-refractivity contribution in [3.05, 3.63) is 40.9 Å². The Labute approximate surface area is 255 Å². The van der Waals surface area contributed by atoms with Gasteiger partial charge in [0.2, 0.25) is 5.91 Å². The van der Waals surface area contributed by atoms with Crippen LogP contribution in [0.2, 0.25) is 0 Å². The summed E-state index contributed by atoms with van der Waals surface area (Å²) in [6.07, 6.45) is 2.47. The van der Waals surface area contributed by atoms with E-state index in [2.05, 4.69) is 51.7 Å². The number of hydrogen-bond donors (Lipinski definition) is 1. The summed E-state index contributed by atoms with van der Waals surface area (Å²) in [4.78, 5) is 45.8. The van der Waals surface area contributed by atoms with Crippen molar-refractivity contribution in [3.8, 4) is 0 Å². The van der Waals surface area contributed by atoms with Crippen LogP contribution < -0.4 is 5.32 Å². The lowest BCUT2D eigenvalue weighted by molar-refractivity contribution is -0.130. The van der Waals surface area contributed by atoms with Crippen molar-refractivity contribution in [3.63, 3.8) is 0 Å². The van der Waals surface area contributed by atoms with E-state index in [9.17, 15) is 22.8 Å². The minimum absolute atomic E-state index is 0.0374. The number of carbonyl (C=O) groups is 3. The van der Waals surface area contributed by atoms with Gasteiger partial charge in [0.15, 0.2) is 15.6 Å². The van der Waals surface area contributed by atoms with Gasteiger partial charge in [-0.05, 0) is 36.0 Å². The van der Waals surface area contributed by atoms with E-state index in [0.717, 1.165) is 21.6 Å². The molecule has 1 aliphatic rings. The van der Waals surface area contributed by atoms with Crippen LogP contribution in [0, 0.1) is 11.8 Å². The van der Waals surface area contributed by atoms with E-state index in [4.69, 9.17) is 4.98 Å². The van der Waals surface area contributed by atoms with Crippen LogP contribution in [0.4, 0.5) is 0 Å². The molecule has 2 aromatic rings. The Bertz CT molecular complexity index is 1370. The molecule has 10 heteroatoms. The molecule has 0 aliphatic carbocycles. The van der Waals surface area contributed by atoms with Gasteiger partial charge in [0, 0.05) is 56.9 Å². The fourth-order valence-electron chi connectivity index (χ4n) is 5.14. The number of amides is 1. The lowest BCUT2D eigenvalue weighted by atomic mass is 9.91. The first-order chi connectivity index (χ1) is 19.8. The van der Waals surface area contributed by atoms with Gasteiger partial charge in [0.05, 0.1) is 32.6 Å². The normalized spacial score (nSPS) is 17.6. The van der Waals surface area contributed by atoms with E-state index < -0.39 is 15.8 Å². The number of carbonyl (C=O) groups excluding carboxylic acids is 3. The van der Waals surface area contributed by atoms with Crippen LogP contribution in [0.1, 0.15) is 83.2 Å². The Kier molecular flexibility index (Phi) is 12.4. The number of hydrogen-bond acceptors (Lipinski definition) is 8. The topological polar surface area (TPSA) is 114 Å². The van der Waals surface area contributed by atoms with Crippen LogP contribution in [0.5, 0.6) is 0 Å². The van der Waals surface area contributed by atoms with E-state index >= 15 is 0 Å². The molecule has 42 heavy (non-hydrogen) atoms.